The fourth-order valence-electron chi connectivity index (χ4n) is 1.88. The van der Waals surface area contributed by atoms with E-state index in [1.165, 1.54) is 0 Å². The van der Waals surface area contributed by atoms with E-state index in [0.29, 0.717) is 17.2 Å². The molecule has 3 rings (SSSR count). The number of methoxy groups -OCH3 is 1. The van der Waals surface area contributed by atoms with Crippen molar-refractivity contribution in [2.75, 3.05) is 12.8 Å². The van der Waals surface area contributed by atoms with Gasteiger partial charge in [0.25, 0.3) is 0 Å². The second-order valence-corrected chi connectivity index (χ2v) is 5.00. The van der Waals surface area contributed by atoms with Gasteiger partial charge in [-0.15, -0.1) is 0 Å². The van der Waals surface area contributed by atoms with Gasteiger partial charge in [-0.05, 0) is 30.3 Å². The molecule has 0 bridgehead atoms. The van der Waals surface area contributed by atoms with Crippen molar-refractivity contribution < 1.29 is 9.15 Å². The first-order chi connectivity index (χ1) is 9.17. The van der Waals surface area contributed by atoms with Crippen LogP contribution in [0.3, 0.4) is 0 Å². The second kappa shape index (κ2) is 4.59. The van der Waals surface area contributed by atoms with Gasteiger partial charge in [0.1, 0.15) is 11.3 Å². The van der Waals surface area contributed by atoms with Crippen LogP contribution in [0, 0.1) is 0 Å². The Kier molecular flexibility index (Phi) is 2.91. The van der Waals surface area contributed by atoms with Crippen LogP contribution in [0.2, 0.25) is 0 Å². The summed E-state index contributed by atoms with van der Waals surface area (Å²) in [6.07, 6.45) is 0. The number of rotatable bonds is 2. The average Bonchev–Trinajstić information content (AvgIpc) is 2.80. The molecule has 0 radical (unpaired) electrons. The average molecular weight is 319 g/mol. The Labute approximate surface area is 118 Å². The number of hydrogen-bond donors (Lipinski definition) is 1. The van der Waals surface area contributed by atoms with Crippen LogP contribution in [0.25, 0.3) is 22.6 Å². The molecule has 0 saturated heterocycles. The summed E-state index contributed by atoms with van der Waals surface area (Å²) < 4.78 is 11.8. The molecule has 1 aromatic heterocycles. The number of benzene rings is 2. The molecule has 5 heteroatoms. The highest BCUT2D eigenvalue weighted by atomic mass is 79.9. The second-order valence-electron chi connectivity index (χ2n) is 4.08. The van der Waals surface area contributed by atoms with Gasteiger partial charge in [0.2, 0.25) is 5.89 Å². The van der Waals surface area contributed by atoms with Crippen LogP contribution in [0.15, 0.2) is 45.3 Å². The third-order valence-electron chi connectivity index (χ3n) is 2.84. The van der Waals surface area contributed by atoms with Crippen molar-refractivity contribution in [3.8, 4) is 17.2 Å². The van der Waals surface area contributed by atoms with Crippen LogP contribution < -0.4 is 10.5 Å². The Bertz CT molecular complexity index is 752. The number of fused-ring (bicyclic) bond motifs is 1. The predicted molar refractivity (Wildman–Crippen MR) is 78.1 cm³/mol. The van der Waals surface area contributed by atoms with E-state index in [0.717, 1.165) is 21.3 Å². The summed E-state index contributed by atoms with van der Waals surface area (Å²) in [5, 5.41) is 0. The van der Waals surface area contributed by atoms with Crippen molar-refractivity contribution in [1.29, 1.82) is 0 Å². The topological polar surface area (TPSA) is 61.3 Å². The lowest BCUT2D eigenvalue weighted by Crippen LogP contribution is -1.89. The number of nitrogens with zero attached hydrogens (tertiary/aromatic N) is 1. The normalized spacial score (nSPS) is 10.8. The minimum Gasteiger partial charge on any atom is -0.497 e. The van der Waals surface area contributed by atoms with Gasteiger partial charge in [-0.25, -0.2) is 4.98 Å². The lowest BCUT2D eigenvalue weighted by molar-refractivity contribution is 0.414. The Hall–Kier alpha value is -2.01. The van der Waals surface area contributed by atoms with Gasteiger partial charge in [-0.3, -0.25) is 0 Å². The van der Waals surface area contributed by atoms with Gasteiger partial charge in [0.15, 0.2) is 5.58 Å². The standard InChI is InChI=1S/C14H11BrN2O2/c1-18-9-3-5-12-13(7-9)19-14(17-12)10-4-2-8(15)6-11(10)16/h2-7H,16H2,1H3. The zero-order chi connectivity index (χ0) is 13.4. The molecule has 4 nitrogen and oxygen atoms in total. The lowest BCUT2D eigenvalue weighted by Gasteiger charge is -2.01. The summed E-state index contributed by atoms with van der Waals surface area (Å²) in [4.78, 5) is 4.43. The van der Waals surface area contributed by atoms with Crippen molar-refractivity contribution >= 4 is 32.7 Å². The molecule has 0 aliphatic rings. The number of oxazole rings is 1. The third kappa shape index (κ3) is 2.17. The Balaban J connectivity index is 2.14. The number of hydrogen-bond acceptors (Lipinski definition) is 4. The highest BCUT2D eigenvalue weighted by Crippen LogP contribution is 2.31. The fraction of sp³-hybridized carbons (Fsp3) is 0.0714. The van der Waals surface area contributed by atoms with Gasteiger partial charge in [-0.2, -0.15) is 0 Å². The van der Waals surface area contributed by atoms with Crippen molar-refractivity contribution in [3.63, 3.8) is 0 Å². The molecule has 0 spiro atoms. The van der Waals surface area contributed by atoms with E-state index in [4.69, 9.17) is 14.9 Å². The van der Waals surface area contributed by atoms with E-state index in [9.17, 15) is 0 Å². The first-order valence-electron chi connectivity index (χ1n) is 5.67. The fourth-order valence-corrected chi connectivity index (χ4v) is 2.25. The van der Waals surface area contributed by atoms with E-state index in [-0.39, 0.29) is 0 Å². The molecule has 0 atom stereocenters. The molecule has 3 aromatic rings. The minimum absolute atomic E-state index is 0.508. The largest absolute Gasteiger partial charge is 0.497 e. The minimum atomic E-state index is 0.508. The number of anilines is 1. The van der Waals surface area contributed by atoms with Gasteiger partial charge >= 0.3 is 0 Å². The number of ether oxygens (including phenoxy) is 1. The Morgan fingerprint density at radius 2 is 2.05 bits per heavy atom. The maximum Gasteiger partial charge on any atom is 0.229 e. The molecule has 2 aromatic carbocycles. The maximum atomic E-state index is 5.98. The molecule has 19 heavy (non-hydrogen) atoms. The van der Waals surface area contributed by atoms with Gasteiger partial charge in [-0.1, -0.05) is 15.9 Å². The molecule has 2 N–H and O–H groups in total. The van der Waals surface area contributed by atoms with E-state index in [2.05, 4.69) is 20.9 Å². The molecule has 1 heterocycles. The van der Waals surface area contributed by atoms with Crippen molar-refractivity contribution in [2.24, 2.45) is 0 Å². The first kappa shape index (κ1) is 12.0. The molecule has 0 aliphatic heterocycles. The molecule has 96 valence electrons. The zero-order valence-corrected chi connectivity index (χ0v) is 11.8. The Morgan fingerprint density at radius 3 is 2.79 bits per heavy atom. The highest BCUT2D eigenvalue weighted by molar-refractivity contribution is 9.10. The Morgan fingerprint density at radius 1 is 1.21 bits per heavy atom. The van der Waals surface area contributed by atoms with E-state index < -0.39 is 0 Å². The molecule has 0 amide bonds. The number of aromatic nitrogens is 1. The number of nitrogens with two attached hydrogens (primary N) is 1. The summed E-state index contributed by atoms with van der Waals surface area (Å²) in [6, 6.07) is 11.1. The molecular weight excluding hydrogens is 308 g/mol. The summed E-state index contributed by atoms with van der Waals surface area (Å²) in [5.41, 5.74) is 8.82. The number of halogens is 1. The highest BCUT2D eigenvalue weighted by Gasteiger charge is 2.11. The first-order valence-corrected chi connectivity index (χ1v) is 6.46. The van der Waals surface area contributed by atoms with E-state index >= 15 is 0 Å². The molecule has 0 fully saturated rings. The molecule has 0 unspecified atom stereocenters. The predicted octanol–water partition coefficient (Wildman–Crippen LogP) is 3.85. The maximum absolute atomic E-state index is 5.98. The quantitative estimate of drug-likeness (QED) is 0.729. The van der Waals surface area contributed by atoms with Crippen molar-refractivity contribution in [3.05, 3.63) is 40.9 Å². The summed E-state index contributed by atoms with van der Waals surface area (Å²) in [6.45, 7) is 0. The van der Waals surface area contributed by atoms with Crippen molar-refractivity contribution in [1.82, 2.24) is 4.98 Å². The molecule has 0 aliphatic carbocycles. The summed E-state index contributed by atoms with van der Waals surface area (Å²) in [7, 11) is 1.62. The third-order valence-corrected chi connectivity index (χ3v) is 3.33. The zero-order valence-electron chi connectivity index (χ0n) is 10.2. The molecule has 0 saturated carbocycles. The van der Waals surface area contributed by atoms with Crippen LogP contribution in [0.1, 0.15) is 0 Å². The van der Waals surface area contributed by atoms with E-state index in [1.54, 1.807) is 13.2 Å². The molecular formula is C14H11BrN2O2. The van der Waals surface area contributed by atoms with Crippen LogP contribution in [0.4, 0.5) is 5.69 Å². The smallest absolute Gasteiger partial charge is 0.229 e. The van der Waals surface area contributed by atoms with Crippen LogP contribution in [0.5, 0.6) is 5.75 Å². The SMILES string of the molecule is COc1ccc2nc(-c3ccc(Br)cc3N)oc2c1. The van der Waals surface area contributed by atoms with Gasteiger partial charge < -0.3 is 14.9 Å². The van der Waals surface area contributed by atoms with Gasteiger partial charge in [0.05, 0.1) is 12.7 Å². The van der Waals surface area contributed by atoms with Crippen LogP contribution in [-0.4, -0.2) is 12.1 Å². The summed E-state index contributed by atoms with van der Waals surface area (Å²) >= 11 is 3.37. The van der Waals surface area contributed by atoms with Crippen molar-refractivity contribution in [2.45, 2.75) is 0 Å². The van der Waals surface area contributed by atoms with Gasteiger partial charge in [0, 0.05) is 16.2 Å². The van der Waals surface area contributed by atoms with Crippen LogP contribution in [-0.2, 0) is 0 Å². The lowest BCUT2D eigenvalue weighted by atomic mass is 10.2. The number of nitrogen functional groups attached to an aromatic ring is 1. The monoisotopic (exact) mass is 318 g/mol. The summed E-state index contributed by atoms with van der Waals surface area (Å²) in [5.74, 6) is 1.24. The van der Waals surface area contributed by atoms with Crippen LogP contribution >= 0.6 is 15.9 Å². The van der Waals surface area contributed by atoms with E-state index in [1.807, 2.05) is 30.3 Å².